The lowest BCUT2D eigenvalue weighted by atomic mass is 10.1. The highest BCUT2D eigenvalue weighted by Gasteiger charge is 2.24. The maximum Gasteiger partial charge on any atom is 0.239 e. The van der Waals surface area contributed by atoms with Crippen LogP contribution in [-0.2, 0) is 9.59 Å². The fourth-order valence-corrected chi connectivity index (χ4v) is 1.79. The fraction of sp³-hybridized carbons (Fsp3) is 0.800. The zero-order valence-corrected chi connectivity index (χ0v) is 8.95. The highest BCUT2D eigenvalue weighted by atomic mass is 16.2. The van der Waals surface area contributed by atoms with Crippen LogP contribution in [0.1, 0.15) is 32.1 Å². The number of hydrogen-bond acceptors (Lipinski definition) is 3. The van der Waals surface area contributed by atoms with Crippen molar-refractivity contribution < 1.29 is 9.59 Å². The summed E-state index contributed by atoms with van der Waals surface area (Å²) in [6.45, 7) is 1.49. The molecule has 1 fully saturated rings. The molecule has 1 heterocycles. The zero-order valence-electron chi connectivity index (χ0n) is 8.95. The number of nitrogens with zero attached hydrogens (tertiary/aromatic N) is 1. The first-order valence-electron chi connectivity index (χ1n) is 5.44. The van der Waals surface area contributed by atoms with Crippen molar-refractivity contribution in [1.29, 1.82) is 0 Å². The van der Waals surface area contributed by atoms with Gasteiger partial charge in [0.1, 0.15) is 0 Å². The summed E-state index contributed by atoms with van der Waals surface area (Å²) in [5.74, 6) is -0.239. The Labute approximate surface area is 89.8 Å². The highest BCUT2D eigenvalue weighted by Crippen LogP contribution is 2.11. The van der Waals surface area contributed by atoms with Gasteiger partial charge in [0, 0.05) is 19.5 Å². The number of primary amides is 1. The number of amides is 2. The molecule has 0 bridgehead atoms. The summed E-state index contributed by atoms with van der Waals surface area (Å²) < 4.78 is 0. The summed E-state index contributed by atoms with van der Waals surface area (Å²) >= 11 is 0. The van der Waals surface area contributed by atoms with Crippen molar-refractivity contribution in [1.82, 2.24) is 4.90 Å². The van der Waals surface area contributed by atoms with Crippen molar-refractivity contribution in [2.24, 2.45) is 11.5 Å². The monoisotopic (exact) mass is 213 g/mol. The largest absolute Gasteiger partial charge is 0.370 e. The van der Waals surface area contributed by atoms with E-state index in [0.29, 0.717) is 13.0 Å². The molecule has 0 radical (unpaired) electrons. The Kier molecular flexibility index (Phi) is 4.55. The number of hydrogen-bond donors (Lipinski definition) is 2. The van der Waals surface area contributed by atoms with Crippen molar-refractivity contribution in [2.75, 3.05) is 13.1 Å². The number of nitrogens with two attached hydrogens (primary N) is 2. The lowest BCUT2D eigenvalue weighted by molar-refractivity contribution is -0.134. The number of likely N-dealkylation sites (tertiary alicyclic amines) is 1. The van der Waals surface area contributed by atoms with E-state index in [2.05, 4.69) is 0 Å². The Balaban J connectivity index is 2.20. The smallest absolute Gasteiger partial charge is 0.239 e. The second kappa shape index (κ2) is 5.70. The number of carbonyl (C=O) groups excluding carboxylic acids is 2. The summed E-state index contributed by atoms with van der Waals surface area (Å²) in [5, 5.41) is 0. The van der Waals surface area contributed by atoms with Gasteiger partial charge in [0.15, 0.2) is 0 Å². The maximum atomic E-state index is 11.6. The molecule has 1 unspecified atom stereocenters. The van der Waals surface area contributed by atoms with Crippen molar-refractivity contribution in [3.05, 3.63) is 0 Å². The van der Waals surface area contributed by atoms with Crippen LogP contribution in [0.15, 0.2) is 0 Å². The van der Waals surface area contributed by atoms with Gasteiger partial charge in [-0.1, -0.05) is 0 Å². The molecule has 0 aromatic heterocycles. The molecule has 0 saturated carbocycles. The molecular weight excluding hydrogens is 194 g/mol. The molecule has 15 heavy (non-hydrogen) atoms. The maximum absolute atomic E-state index is 11.6. The summed E-state index contributed by atoms with van der Waals surface area (Å²) in [4.78, 5) is 23.8. The molecule has 5 heteroatoms. The van der Waals surface area contributed by atoms with Crippen LogP contribution in [0.3, 0.4) is 0 Å². The topological polar surface area (TPSA) is 89.4 Å². The third-order valence-corrected chi connectivity index (χ3v) is 2.67. The van der Waals surface area contributed by atoms with E-state index in [1.165, 1.54) is 0 Å². The van der Waals surface area contributed by atoms with Gasteiger partial charge in [0.2, 0.25) is 11.8 Å². The molecule has 4 N–H and O–H groups in total. The van der Waals surface area contributed by atoms with Gasteiger partial charge in [-0.05, 0) is 25.7 Å². The number of rotatable bonds is 5. The standard InChI is InChI=1S/C10H19N3O2/c11-8-4-3-7-13(10(8)15)6-2-1-5-9(12)14/h8H,1-7,11H2,(H2,12,14). The number of piperidine rings is 1. The SMILES string of the molecule is NC(=O)CCCCN1CCCC(N)C1=O. The quantitative estimate of drug-likeness (QED) is 0.608. The Morgan fingerprint density at radius 1 is 1.47 bits per heavy atom. The molecule has 1 saturated heterocycles. The van der Waals surface area contributed by atoms with Gasteiger partial charge in [-0.2, -0.15) is 0 Å². The first-order chi connectivity index (χ1) is 7.11. The van der Waals surface area contributed by atoms with E-state index in [0.717, 1.165) is 32.2 Å². The average Bonchev–Trinajstić information content (AvgIpc) is 2.18. The van der Waals surface area contributed by atoms with E-state index in [1.54, 1.807) is 4.90 Å². The molecule has 0 aromatic carbocycles. The van der Waals surface area contributed by atoms with Crippen LogP contribution in [0.5, 0.6) is 0 Å². The van der Waals surface area contributed by atoms with Crippen LogP contribution in [0, 0.1) is 0 Å². The minimum Gasteiger partial charge on any atom is -0.370 e. The number of carbonyl (C=O) groups is 2. The lowest BCUT2D eigenvalue weighted by Crippen LogP contribution is -2.48. The molecule has 5 nitrogen and oxygen atoms in total. The van der Waals surface area contributed by atoms with Crippen LogP contribution in [-0.4, -0.2) is 35.8 Å². The van der Waals surface area contributed by atoms with Crippen molar-refractivity contribution in [3.63, 3.8) is 0 Å². The zero-order chi connectivity index (χ0) is 11.3. The Hall–Kier alpha value is -1.10. The van der Waals surface area contributed by atoms with Gasteiger partial charge < -0.3 is 16.4 Å². The van der Waals surface area contributed by atoms with E-state index in [4.69, 9.17) is 11.5 Å². The molecule has 2 amide bonds. The lowest BCUT2D eigenvalue weighted by Gasteiger charge is -2.30. The first-order valence-corrected chi connectivity index (χ1v) is 5.44. The molecular formula is C10H19N3O2. The first kappa shape index (κ1) is 12.0. The van der Waals surface area contributed by atoms with Crippen LogP contribution < -0.4 is 11.5 Å². The minimum atomic E-state index is -0.324. The van der Waals surface area contributed by atoms with Gasteiger partial charge in [-0.15, -0.1) is 0 Å². The highest BCUT2D eigenvalue weighted by molar-refractivity contribution is 5.82. The Morgan fingerprint density at radius 2 is 2.20 bits per heavy atom. The van der Waals surface area contributed by atoms with Crippen molar-refractivity contribution in [2.45, 2.75) is 38.1 Å². The van der Waals surface area contributed by atoms with E-state index in [1.807, 2.05) is 0 Å². The molecule has 1 rings (SSSR count). The van der Waals surface area contributed by atoms with Gasteiger partial charge in [-0.3, -0.25) is 9.59 Å². The second-order valence-corrected chi connectivity index (χ2v) is 4.00. The molecule has 86 valence electrons. The molecule has 1 atom stereocenters. The predicted octanol–water partition coefficient (Wildman–Crippen LogP) is -0.408. The number of unbranched alkanes of at least 4 members (excludes halogenated alkanes) is 1. The molecule has 1 aliphatic heterocycles. The molecule has 0 aromatic rings. The van der Waals surface area contributed by atoms with E-state index >= 15 is 0 Å². The Bertz CT molecular complexity index is 243. The summed E-state index contributed by atoms with van der Waals surface area (Å²) in [6.07, 6.45) is 3.73. The summed E-state index contributed by atoms with van der Waals surface area (Å²) in [5.41, 5.74) is 10.7. The van der Waals surface area contributed by atoms with Crippen LogP contribution in [0.2, 0.25) is 0 Å². The van der Waals surface area contributed by atoms with Gasteiger partial charge in [-0.25, -0.2) is 0 Å². The van der Waals surface area contributed by atoms with Crippen LogP contribution in [0.4, 0.5) is 0 Å². The third-order valence-electron chi connectivity index (χ3n) is 2.67. The van der Waals surface area contributed by atoms with Crippen LogP contribution in [0.25, 0.3) is 0 Å². The minimum absolute atomic E-state index is 0.0420. The van der Waals surface area contributed by atoms with Gasteiger partial charge in [0.05, 0.1) is 6.04 Å². The van der Waals surface area contributed by atoms with Gasteiger partial charge in [0.25, 0.3) is 0 Å². The molecule has 0 aliphatic carbocycles. The van der Waals surface area contributed by atoms with Crippen LogP contribution >= 0.6 is 0 Å². The third kappa shape index (κ3) is 3.87. The fourth-order valence-electron chi connectivity index (χ4n) is 1.79. The summed E-state index contributed by atoms with van der Waals surface area (Å²) in [7, 11) is 0. The average molecular weight is 213 g/mol. The van der Waals surface area contributed by atoms with E-state index in [-0.39, 0.29) is 17.9 Å². The van der Waals surface area contributed by atoms with Crippen molar-refractivity contribution in [3.8, 4) is 0 Å². The Morgan fingerprint density at radius 3 is 2.87 bits per heavy atom. The normalized spacial score (nSPS) is 21.8. The van der Waals surface area contributed by atoms with Gasteiger partial charge >= 0.3 is 0 Å². The van der Waals surface area contributed by atoms with Crippen molar-refractivity contribution >= 4 is 11.8 Å². The van der Waals surface area contributed by atoms with E-state index < -0.39 is 0 Å². The molecule has 0 spiro atoms. The second-order valence-electron chi connectivity index (χ2n) is 4.00. The van der Waals surface area contributed by atoms with E-state index in [9.17, 15) is 9.59 Å². The molecule has 1 aliphatic rings. The summed E-state index contributed by atoms with van der Waals surface area (Å²) in [6, 6.07) is -0.324. The predicted molar refractivity (Wildman–Crippen MR) is 56.8 cm³/mol.